The van der Waals surface area contributed by atoms with Crippen molar-refractivity contribution in [1.82, 2.24) is 0 Å². The van der Waals surface area contributed by atoms with Gasteiger partial charge in [-0.1, -0.05) is 96.6 Å². The number of nitrogens with zero attached hydrogens (tertiary/aromatic N) is 3. The molecule has 7 rings (SSSR count). The molecule has 0 amide bonds. The summed E-state index contributed by atoms with van der Waals surface area (Å²) in [4.78, 5) is 0.124. The summed E-state index contributed by atoms with van der Waals surface area (Å²) in [5, 5.41) is 7.16. The van der Waals surface area contributed by atoms with Crippen molar-refractivity contribution < 1.29 is 13.2 Å². The van der Waals surface area contributed by atoms with Crippen LogP contribution in [0.1, 0.15) is 35.4 Å². The molecule has 7 heteroatoms. The molecule has 0 bridgehead atoms. The normalized spacial score (nSPS) is 23.0. The predicted molar refractivity (Wildman–Crippen MR) is 162 cm³/mol. The van der Waals surface area contributed by atoms with Gasteiger partial charge < -0.3 is 4.74 Å². The average molecular weight is 560 g/mol. The molecule has 1 aliphatic carbocycles. The smallest absolute Gasteiger partial charge is 0.285 e. The molecule has 0 radical (unpaired) electrons. The third-order valence-electron chi connectivity index (χ3n) is 7.90. The molecule has 2 heterocycles. The van der Waals surface area contributed by atoms with Crippen LogP contribution in [0.2, 0.25) is 0 Å². The van der Waals surface area contributed by atoms with Crippen LogP contribution in [0.25, 0.3) is 0 Å². The van der Waals surface area contributed by atoms with Crippen LogP contribution in [0.5, 0.6) is 0 Å². The van der Waals surface area contributed by atoms with Crippen LogP contribution < -0.4 is 5.01 Å². The van der Waals surface area contributed by atoms with Gasteiger partial charge >= 0.3 is 0 Å². The van der Waals surface area contributed by atoms with Gasteiger partial charge in [-0.05, 0) is 61.2 Å². The van der Waals surface area contributed by atoms with Crippen LogP contribution in [0.3, 0.4) is 0 Å². The maximum Gasteiger partial charge on any atom is 0.285 e. The van der Waals surface area contributed by atoms with E-state index in [-0.39, 0.29) is 16.7 Å². The van der Waals surface area contributed by atoms with Crippen molar-refractivity contribution >= 4 is 27.3 Å². The first-order valence-electron chi connectivity index (χ1n) is 13.8. The van der Waals surface area contributed by atoms with Crippen LogP contribution in [0.4, 0.5) is 5.69 Å². The van der Waals surface area contributed by atoms with Crippen molar-refractivity contribution in [3.05, 3.63) is 144 Å². The quantitative estimate of drug-likeness (QED) is 0.259. The van der Waals surface area contributed by atoms with Gasteiger partial charge in [-0.15, -0.1) is 4.40 Å². The summed E-state index contributed by atoms with van der Waals surface area (Å²) >= 11 is 0. The van der Waals surface area contributed by atoms with Crippen molar-refractivity contribution in [2.75, 3.05) is 5.01 Å². The van der Waals surface area contributed by atoms with Crippen molar-refractivity contribution in [1.29, 1.82) is 0 Å². The van der Waals surface area contributed by atoms with Crippen molar-refractivity contribution in [2.24, 2.45) is 15.4 Å². The number of ether oxygens (including phenoxy) is 1. The highest BCUT2D eigenvalue weighted by atomic mass is 32.2. The molecule has 0 N–H and O–H groups in total. The molecule has 1 spiro atoms. The first-order valence-corrected chi connectivity index (χ1v) is 15.3. The minimum absolute atomic E-state index is 0.118. The lowest BCUT2D eigenvalue weighted by Crippen LogP contribution is -2.51. The maximum atomic E-state index is 13.8. The first kappa shape index (κ1) is 25.5. The second-order valence-corrected chi connectivity index (χ2v) is 12.4. The van der Waals surface area contributed by atoms with E-state index in [9.17, 15) is 8.42 Å². The molecule has 1 saturated carbocycles. The molecular weight excluding hydrogens is 530 g/mol. The summed E-state index contributed by atoms with van der Waals surface area (Å²) in [6.45, 7) is 1.92. The average Bonchev–Trinajstić information content (AvgIpc) is 3.72. The number of para-hydroxylation sites is 1. The molecule has 6 nitrogen and oxygen atoms in total. The maximum absolute atomic E-state index is 13.8. The molecule has 4 aromatic rings. The third kappa shape index (κ3) is 4.46. The van der Waals surface area contributed by atoms with Crippen molar-refractivity contribution in [3.63, 3.8) is 0 Å². The van der Waals surface area contributed by atoms with Gasteiger partial charge in [0.2, 0.25) is 5.90 Å². The SMILES string of the molecule is Cc1ccc(S(=O)(=O)N=C2OC(C3CC3)=CC23C(c2ccccc2)C(c2ccccc2)=NN3c2ccccc2)cc1. The lowest BCUT2D eigenvalue weighted by Gasteiger charge is -2.36. The lowest BCUT2D eigenvalue weighted by molar-refractivity contribution is 0.384. The van der Waals surface area contributed by atoms with Gasteiger partial charge in [0.05, 0.1) is 22.2 Å². The van der Waals surface area contributed by atoms with Gasteiger partial charge in [0, 0.05) is 5.92 Å². The number of rotatable bonds is 6. The van der Waals surface area contributed by atoms with Crippen molar-refractivity contribution in [2.45, 2.75) is 36.1 Å². The van der Waals surface area contributed by atoms with Crippen LogP contribution in [-0.4, -0.2) is 25.6 Å². The fourth-order valence-corrected chi connectivity index (χ4v) is 6.69. The zero-order valence-electron chi connectivity index (χ0n) is 22.6. The van der Waals surface area contributed by atoms with Crippen LogP contribution in [0, 0.1) is 12.8 Å². The highest BCUT2D eigenvalue weighted by Crippen LogP contribution is 2.53. The molecular formula is C34H29N3O3S. The fraction of sp³-hybridized carbons (Fsp3) is 0.176. The summed E-state index contributed by atoms with van der Waals surface area (Å²) in [5.74, 6) is 0.715. The van der Waals surface area contributed by atoms with E-state index >= 15 is 0 Å². The summed E-state index contributed by atoms with van der Waals surface area (Å²) in [7, 11) is -4.09. The number of hydrogen-bond acceptors (Lipinski definition) is 5. The molecule has 2 atom stereocenters. The Morgan fingerprint density at radius 1 is 0.829 bits per heavy atom. The topological polar surface area (TPSA) is 71.3 Å². The molecule has 2 unspecified atom stereocenters. The first-order chi connectivity index (χ1) is 20.0. The highest BCUT2D eigenvalue weighted by molar-refractivity contribution is 7.90. The van der Waals surface area contributed by atoms with Crippen LogP contribution in [0.15, 0.2) is 141 Å². The standard InChI is InChI=1S/C34H29N3O3S/c1-24-17-21-29(22-18-24)41(38,39)36-33-34(23-30(40-33)25-19-20-25)31(26-11-5-2-6-12-26)32(27-13-7-3-8-14-27)35-37(34)28-15-9-4-10-16-28/h2-18,21-23,25,31H,19-20H2,1H3. The Kier molecular flexibility index (Phi) is 6.12. The molecule has 41 heavy (non-hydrogen) atoms. The number of hydrogen-bond donors (Lipinski definition) is 0. The van der Waals surface area contributed by atoms with Crippen LogP contribution in [-0.2, 0) is 14.8 Å². The second kappa shape index (κ2) is 9.85. The van der Waals surface area contributed by atoms with E-state index < -0.39 is 21.5 Å². The lowest BCUT2D eigenvalue weighted by atomic mass is 9.75. The number of hydrazone groups is 1. The van der Waals surface area contributed by atoms with E-state index in [4.69, 9.17) is 9.84 Å². The van der Waals surface area contributed by atoms with Gasteiger partial charge in [-0.2, -0.15) is 13.5 Å². The van der Waals surface area contributed by atoms with Gasteiger partial charge in [0.25, 0.3) is 10.0 Å². The third-order valence-corrected chi connectivity index (χ3v) is 9.17. The Morgan fingerprint density at radius 2 is 1.44 bits per heavy atom. The van der Waals surface area contributed by atoms with E-state index in [2.05, 4.69) is 22.6 Å². The predicted octanol–water partition coefficient (Wildman–Crippen LogP) is 6.85. The molecule has 0 saturated heterocycles. The molecule has 0 aromatic heterocycles. The monoisotopic (exact) mass is 559 g/mol. The number of allylic oxidation sites excluding steroid dienone is 1. The Hall–Kier alpha value is -4.49. The highest BCUT2D eigenvalue weighted by Gasteiger charge is 2.61. The Bertz CT molecular complexity index is 1780. The summed E-state index contributed by atoms with van der Waals surface area (Å²) in [6.07, 6.45) is 4.07. The minimum Gasteiger partial charge on any atom is -0.444 e. The molecule has 3 aliphatic rings. The zero-order chi connectivity index (χ0) is 28.0. The van der Waals surface area contributed by atoms with Crippen LogP contribution >= 0.6 is 0 Å². The second-order valence-electron chi connectivity index (χ2n) is 10.8. The number of anilines is 1. The summed E-state index contributed by atoms with van der Waals surface area (Å²) < 4.78 is 38.6. The van der Waals surface area contributed by atoms with E-state index in [0.29, 0.717) is 0 Å². The Balaban J connectivity index is 1.51. The summed E-state index contributed by atoms with van der Waals surface area (Å²) in [5.41, 5.74) is 3.41. The zero-order valence-corrected chi connectivity index (χ0v) is 23.4. The number of benzene rings is 4. The van der Waals surface area contributed by atoms with Gasteiger partial charge in [-0.3, -0.25) is 0 Å². The molecule has 204 valence electrons. The molecule has 4 aromatic carbocycles. The van der Waals surface area contributed by atoms with E-state index in [1.54, 1.807) is 24.3 Å². The van der Waals surface area contributed by atoms with E-state index in [1.165, 1.54) is 0 Å². The Morgan fingerprint density at radius 3 is 2.07 bits per heavy atom. The summed E-state index contributed by atoms with van der Waals surface area (Å²) in [6, 6.07) is 36.7. The van der Waals surface area contributed by atoms with Gasteiger partial charge in [-0.25, -0.2) is 5.01 Å². The largest absolute Gasteiger partial charge is 0.444 e. The number of aryl methyl sites for hydroxylation is 1. The van der Waals surface area contributed by atoms with Gasteiger partial charge in [0.15, 0.2) is 5.54 Å². The molecule has 1 fully saturated rings. The minimum atomic E-state index is -4.09. The fourth-order valence-electron chi connectivity index (χ4n) is 5.70. The van der Waals surface area contributed by atoms with Gasteiger partial charge in [0.1, 0.15) is 5.76 Å². The Labute approximate surface area is 240 Å². The van der Waals surface area contributed by atoms with Crippen molar-refractivity contribution in [3.8, 4) is 0 Å². The van der Waals surface area contributed by atoms with E-state index in [0.717, 1.165) is 46.7 Å². The number of sulfonamides is 1. The molecule has 2 aliphatic heterocycles. The van der Waals surface area contributed by atoms with E-state index in [1.807, 2.05) is 90.8 Å².